The number of para-hydroxylation sites is 1. The molecule has 0 fully saturated rings. The monoisotopic (exact) mass is 448 g/mol. The SMILES string of the molecule is CCc1ccc(-n2c(SCC(=O)Nc3ccccc3)nnc2-c2ccc(Cl)cc2)cc1. The summed E-state index contributed by atoms with van der Waals surface area (Å²) >= 11 is 7.40. The Kier molecular flexibility index (Phi) is 6.70. The van der Waals surface area contributed by atoms with Gasteiger partial charge >= 0.3 is 0 Å². The fourth-order valence-corrected chi connectivity index (χ4v) is 3.99. The molecule has 0 radical (unpaired) electrons. The number of aromatic nitrogens is 3. The van der Waals surface area contributed by atoms with Crippen molar-refractivity contribution in [2.75, 3.05) is 11.1 Å². The summed E-state index contributed by atoms with van der Waals surface area (Å²) < 4.78 is 1.98. The minimum Gasteiger partial charge on any atom is -0.325 e. The number of carbonyl (C=O) groups excluding carboxylic acids is 1. The Balaban J connectivity index is 1.62. The maximum atomic E-state index is 12.4. The molecule has 1 heterocycles. The van der Waals surface area contributed by atoms with Crippen molar-refractivity contribution in [3.63, 3.8) is 0 Å². The summed E-state index contributed by atoms with van der Waals surface area (Å²) in [6.45, 7) is 2.12. The zero-order valence-corrected chi connectivity index (χ0v) is 18.5. The lowest BCUT2D eigenvalue weighted by molar-refractivity contribution is -0.113. The Morgan fingerprint density at radius 2 is 1.68 bits per heavy atom. The van der Waals surface area contributed by atoms with Gasteiger partial charge in [-0.05, 0) is 60.5 Å². The van der Waals surface area contributed by atoms with Crippen LogP contribution in [0, 0.1) is 0 Å². The summed E-state index contributed by atoms with van der Waals surface area (Å²) in [4.78, 5) is 12.4. The van der Waals surface area contributed by atoms with Crippen LogP contribution < -0.4 is 5.32 Å². The lowest BCUT2D eigenvalue weighted by atomic mass is 10.1. The van der Waals surface area contributed by atoms with Crippen molar-refractivity contribution in [1.82, 2.24) is 14.8 Å². The molecule has 0 aliphatic carbocycles. The van der Waals surface area contributed by atoms with Crippen LogP contribution in [0.3, 0.4) is 0 Å². The van der Waals surface area contributed by atoms with Crippen molar-refractivity contribution >= 4 is 35.0 Å². The number of thioether (sulfide) groups is 1. The number of hydrogen-bond acceptors (Lipinski definition) is 4. The number of aryl methyl sites for hydroxylation is 1. The standard InChI is InChI=1S/C24H21ClN4OS/c1-2-17-8-14-21(15-9-17)29-23(18-10-12-19(25)13-11-18)27-28-24(29)31-16-22(30)26-20-6-4-3-5-7-20/h3-15H,2,16H2,1H3,(H,26,30). The Hall–Kier alpha value is -3.09. The summed E-state index contributed by atoms with van der Waals surface area (Å²) in [6.07, 6.45) is 0.966. The van der Waals surface area contributed by atoms with Gasteiger partial charge in [0.1, 0.15) is 0 Å². The molecule has 4 rings (SSSR count). The zero-order chi connectivity index (χ0) is 21.6. The third kappa shape index (κ3) is 5.16. The van der Waals surface area contributed by atoms with Gasteiger partial charge in [-0.1, -0.05) is 60.6 Å². The second-order valence-corrected chi connectivity index (χ2v) is 8.25. The van der Waals surface area contributed by atoms with E-state index in [-0.39, 0.29) is 11.7 Å². The molecule has 0 unspecified atom stereocenters. The highest BCUT2D eigenvalue weighted by Crippen LogP contribution is 2.29. The van der Waals surface area contributed by atoms with Gasteiger partial charge in [0, 0.05) is 22.0 Å². The van der Waals surface area contributed by atoms with Crippen LogP contribution in [0.25, 0.3) is 17.1 Å². The number of nitrogens with one attached hydrogen (secondary N) is 1. The van der Waals surface area contributed by atoms with E-state index in [0.29, 0.717) is 16.0 Å². The number of nitrogens with zero attached hydrogens (tertiary/aromatic N) is 3. The third-order valence-corrected chi connectivity index (χ3v) is 5.91. The van der Waals surface area contributed by atoms with E-state index in [1.807, 2.05) is 59.2 Å². The van der Waals surface area contributed by atoms with Gasteiger partial charge in [0.25, 0.3) is 0 Å². The lowest BCUT2D eigenvalue weighted by Gasteiger charge is -2.11. The van der Waals surface area contributed by atoms with Crippen molar-refractivity contribution in [3.8, 4) is 17.1 Å². The van der Waals surface area contributed by atoms with Crippen molar-refractivity contribution in [3.05, 3.63) is 89.4 Å². The van der Waals surface area contributed by atoms with Crippen LogP contribution in [0.1, 0.15) is 12.5 Å². The van der Waals surface area contributed by atoms with Crippen molar-refractivity contribution in [2.45, 2.75) is 18.5 Å². The van der Waals surface area contributed by atoms with Crippen molar-refractivity contribution in [2.24, 2.45) is 0 Å². The van der Waals surface area contributed by atoms with E-state index in [0.717, 1.165) is 23.4 Å². The van der Waals surface area contributed by atoms with Crippen molar-refractivity contribution < 1.29 is 4.79 Å². The Bertz CT molecular complexity index is 1160. The summed E-state index contributed by atoms with van der Waals surface area (Å²) in [5, 5.41) is 13.0. The molecule has 31 heavy (non-hydrogen) atoms. The normalized spacial score (nSPS) is 10.8. The molecule has 0 spiro atoms. The molecule has 1 N–H and O–H groups in total. The van der Waals surface area contributed by atoms with Gasteiger partial charge in [-0.15, -0.1) is 10.2 Å². The Morgan fingerprint density at radius 1 is 0.968 bits per heavy atom. The van der Waals surface area contributed by atoms with Crippen LogP contribution in [0.15, 0.2) is 84.0 Å². The first kappa shape index (κ1) is 21.2. The summed E-state index contributed by atoms with van der Waals surface area (Å²) in [6, 6.07) is 25.2. The topological polar surface area (TPSA) is 59.8 Å². The average Bonchev–Trinajstić information content (AvgIpc) is 3.23. The van der Waals surface area contributed by atoms with Crippen LogP contribution in [-0.2, 0) is 11.2 Å². The maximum absolute atomic E-state index is 12.4. The second-order valence-electron chi connectivity index (χ2n) is 6.87. The zero-order valence-electron chi connectivity index (χ0n) is 17.0. The number of amides is 1. The quantitative estimate of drug-likeness (QED) is 0.358. The molecule has 4 aromatic rings. The number of hydrogen-bond donors (Lipinski definition) is 1. The maximum Gasteiger partial charge on any atom is 0.234 e. The minimum atomic E-state index is -0.0971. The molecule has 156 valence electrons. The van der Waals surface area contributed by atoms with E-state index in [2.05, 4.69) is 46.7 Å². The van der Waals surface area contributed by atoms with E-state index < -0.39 is 0 Å². The highest BCUT2D eigenvalue weighted by atomic mass is 35.5. The van der Waals surface area contributed by atoms with Crippen LogP contribution in [0.4, 0.5) is 5.69 Å². The third-order valence-electron chi connectivity index (χ3n) is 4.73. The van der Waals surface area contributed by atoms with Gasteiger partial charge in [0.05, 0.1) is 5.75 Å². The highest BCUT2D eigenvalue weighted by Gasteiger charge is 2.17. The number of anilines is 1. The molecule has 3 aromatic carbocycles. The first-order valence-electron chi connectivity index (χ1n) is 9.92. The number of carbonyl (C=O) groups is 1. The Morgan fingerprint density at radius 3 is 2.35 bits per heavy atom. The lowest BCUT2D eigenvalue weighted by Crippen LogP contribution is -2.14. The fourth-order valence-electron chi connectivity index (χ4n) is 3.11. The van der Waals surface area contributed by atoms with Gasteiger partial charge in [0.15, 0.2) is 11.0 Å². The van der Waals surface area contributed by atoms with Crippen LogP contribution in [0.5, 0.6) is 0 Å². The van der Waals surface area contributed by atoms with Crippen molar-refractivity contribution in [1.29, 1.82) is 0 Å². The summed E-state index contributed by atoms with van der Waals surface area (Å²) in [5.41, 5.74) is 3.86. The summed E-state index contributed by atoms with van der Waals surface area (Å²) in [7, 11) is 0. The van der Waals surface area contributed by atoms with Crippen LogP contribution >= 0.6 is 23.4 Å². The second kappa shape index (κ2) is 9.81. The predicted molar refractivity (Wildman–Crippen MR) is 127 cm³/mol. The molecule has 1 aromatic heterocycles. The molecular formula is C24H21ClN4OS. The molecule has 0 aliphatic heterocycles. The van der Waals surface area contributed by atoms with E-state index in [9.17, 15) is 4.79 Å². The van der Waals surface area contributed by atoms with E-state index >= 15 is 0 Å². The van der Waals surface area contributed by atoms with Gasteiger partial charge in [-0.3, -0.25) is 9.36 Å². The van der Waals surface area contributed by atoms with Gasteiger partial charge in [0.2, 0.25) is 5.91 Å². The van der Waals surface area contributed by atoms with Crippen LogP contribution in [-0.4, -0.2) is 26.4 Å². The Labute approximate surface area is 190 Å². The average molecular weight is 449 g/mol. The predicted octanol–water partition coefficient (Wildman–Crippen LogP) is 5.88. The molecule has 0 bridgehead atoms. The van der Waals surface area contributed by atoms with E-state index in [1.54, 1.807) is 0 Å². The number of benzene rings is 3. The van der Waals surface area contributed by atoms with E-state index in [1.165, 1.54) is 17.3 Å². The number of halogens is 1. The molecule has 0 saturated carbocycles. The largest absolute Gasteiger partial charge is 0.325 e. The molecule has 7 heteroatoms. The van der Waals surface area contributed by atoms with Gasteiger partial charge in [-0.2, -0.15) is 0 Å². The molecule has 1 amide bonds. The van der Waals surface area contributed by atoms with Gasteiger partial charge in [-0.25, -0.2) is 0 Å². The van der Waals surface area contributed by atoms with E-state index in [4.69, 9.17) is 11.6 Å². The minimum absolute atomic E-state index is 0.0971. The molecule has 0 aliphatic rings. The summed E-state index contributed by atoms with van der Waals surface area (Å²) in [5.74, 6) is 0.827. The first-order valence-corrected chi connectivity index (χ1v) is 11.3. The molecule has 0 saturated heterocycles. The molecular weight excluding hydrogens is 428 g/mol. The van der Waals surface area contributed by atoms with Crippen LogP contribution in [0.2, 0.25) is 5.02 Å². The smallest absolute Gasteiger partial charge is 0.234 e. The molecule has 5 nitrogen and oxygen atoms in total. The fraction of sp³-hybridized carbons (Fsp3) is 0.125. The highest BCUT2D eigenvalue weighted by molar-refractivity contribution is 7.99. The molecule has 0 atom stereocenters. The van der Waals surface area contributed by atoms with Gasteiger partial charge < -0.3 is 5.32 Å². The first-order chi connectivity index (χ1) is 15.1. The number of rotatable bonds is 7.